The smallest absolute Gasteiger partial charge is 0.363 e. The van der Waals surface area contributed by atoms with Crippen LogP contribution in [0.15, 0.2) is 47.8 Å². The van der Waals surface area contributed by atoms with Crippen molar-refractivity contribution in [3.05, 3.63) is 63.4 Å². The lowest BCUT2D eigenvalue weighted by Crippen LogP contribution is -2.35. The molecule has 0 bridgehead atoms. The Kier molecular flexibility index (Phi) is 4.80. The van der Waals surface area contributed by atoms with Gasteiger partial charge in [0.2, 0.25) is 0 Å². The fourth-order valence-electron chi connectivity index (χ4n) is 3.09. The molecule has 28 heavy (non-hydrogen) atoms. The molecule has 2 N–H and O–H groups in total. The zero-order valence-corrected chi connectivity index (χ0v) is 15.8. The van der Waals surface area contributed by atoms with Crippen LogP contribution in [0.4, 0.5) is 24.7 Å². The highest BCUT2D eigenvalue weighted by atomic mass is 35.5. The molecule has 1 aliphatic rings. The van der Waals surface area contributed by atoms with E-state index in [1.54, 1.807) is 36.4 Å². The maximum Gasteiger partial charge on any atom is 0.410 e. The normalized spacial score (nSPS) is 19.0. The van der Waals surface area contributed by atoms with E-state index in [4.69, 9.17) is 11.6 Å². The number of carbonyl (C=O) groups is 1. The minimum absolute atomic E-state index is 0.0986. The maximum absolute atomic E-state index is 13.6. The molecule has 0 fully saturated rings. The van der Waals surface area contributed by atoms with Gasteiger partial charge in [-0.25, -0.2) is 4.68 Å². The van der Waals surface area contributed by atoms with Gasteiger partial charge in [-0.05, 0) is 35.7 Å². The molecule has 0 saturated heterocycles. The first-order valence-electron chi connectivity index (χ1n) is 8.34. The number of hydrogen-bond acceptors (Lipinski definition) is 4. The van der Waals surface area contributed by atoms with Crippen LogP contribution in [0.5, 0.6) is 0 Å². The monoisotopic (exact) mass is 426 g/mol. The van der Waals surface area contributed by atoms with E-state index < -0.39 is 24.2 Å². The Morgan fingerprint density at radius 3 is 2.68 bits per heavy atom. The van der Waals surface area contributed by atoms with Gasteiger partial charge in [0, 0.05) is 28.1 Å². The Bertz CT molecular complexity index is 985. The summed E-state index contributed by atoms with van der Waals surface area (Å²) >= 11 is 7.19. The molecule has 2 atom stereocenters. The van der Waals surface area contributed by atoms with Crippen LogP contribution in [0.1, 0.15) is 33.9 Å². The summed E-state index contributed by atoms with van der Waals surface area (Å²) in [7, 11) is 0. The van der Waals surface area contributed by atoms with Gasteiger partial charge in [-0.1, -0.05) is 17.7 Å². The van der Waals surface area contributed by atoms with Crippen molar-refractivity contribution >= 4 is 40.4 Å². The van der Waals surface area contributed by atoms with E-state index in [1.807, 2.05) is 5.38 Å². The Labute approximate surface area is 167 Å². The van der Waals surface area contributed by atoms with Crippen LogP contribution in [-0.4, -0.2) is 21.9 Å². The molecule has 0 unspecified atom stereocenters. The van der Waals surface area contributed by atoms with Crippen molar-refractivity contribution in [2.45, 2.75) is 24.7 Å². The van der Waals surface area contributed by atoms with Gasteiger partial charge in [-0.15, -0.1) is 11.3 Å². The molecule has 146 valence electrons. The number of nitrogens with one attached hydrogen (secondary N) is 2. The van der Waals surface area contributed by atoms with Gasteiger partial charge in [-0.2, -0.15) is 18.3 Å². The number of hydrogen-bond donors (Lipinski definition) is 2. The fraction of sp³-hybridized carbons (Fsp3) is 0.222. The number of benzene rings is 1. The van der Waals surface area contributed by atoms with Crippen LogP contribution in [0.3, 0.4) is 0 Å². The number of amides is 1. The average Bonchev–Trinajstić information content (AvgIpc) is 3.31. The SMILES string of the molecule is O=C(Nc1ccc(Cl)cc1)c1cc2n(n1)[C@@H](C(F)(F)F)C[C@H](c1cccs1)N2. The molecule has 1 aliphatic heterocycles. The van der Waals surface area contributed by atoms with Crippen LogP contribution in [-0.2, 0) is 0 Å². The highest BCUT2D eigenvalue weighted by molar-refractivity contribution is 7.10. The van der Waals surface area contributed by atoms with Gasteiger partial charge in [0.1, 0.15) is 5.82 Å². The zero-order valence-electron chi connectivity index (χ0n) is 14.2. The minimum Gasteiger partial charge on any atom is -0.363 e. The molecule has 5 nitrogen and oxygen atoms in total. The van der Waals surface area contributed by atoms with Crippen molar-refractivity contribution in [1.29, 1.82) is 0 Å². The molecule has 10 heteroatoms. The number of anilines is 2. The van der Waals surface area contributed by atoms with Gasteiger partial charge in [0.15, 0.2) is 11.7 Å². The first-order valence-corrected chi connectivity index (χ1v) is 9.60. The molecule has 3 aromatic rings. The van der Waals surface area contributed by atoms with Gasteiger partial charge in [0.05, 0.1) is 6.04 Å². The summed E-state index contributed by atoms with van der Waals surface area (Å²) in [4.78, 5) is 13.3. The summed E-state index contributed by atoms with van der Waals surface area (Å²) in [6.07, 6.45) is -4.68. The average molecular weight is 427 g/mol. The van der Waals surface area contributed by atoms with Crippen molar-refractivity contribution < 1.29 is 18.0 Å². The van der Waals surface area contributed by atoms with Crippen LogP contribution >= 0.6 is 22.9 Å². The van der Waals surface area contributed by atoms with Gasteiger partial charge in [0.25, 0.3) is 5.91 Å². The lowest BCUT2D eigenvalue weighted by molar-refractivity contribution is -0.173. The molecule has 4 rings (SSSR count). The molecule has 1 amide bonds. The third-order valence-corrected chi connectivity index (χ3v) is 5.65. The number of fused-ring (bicyclic) bond motifs is 1. The first kappa shape index (κ1) is 18.8. The number of thiophene rings is 1. The van der Waals surface area contributed by atoms with E-state index in [0.29, 0.717) is 10.7 Å². The van der Waals surface area contributed by atoms with Crippen LogP contribution < -0.4 is 10.6 Å². The second-order valence-corrected chi connectivity index (χ2v) is 7.74. The lowest BCUT2D eigenvalue weighted by Gasteiger charge is -2.32. The van der Waals surface area contributed by atoms with Crippen molar-refractivity contribution in [1.82, 2.24) is 9.78 Å². The Balaban J connectivity index is 1.63. The summed E-state index contributed by atoms with van der Waals surface area (Å²) < 4.78 is 41.7. The van der Waals surface area contributed by atoms with E-state index in [1.165, 1.54) is 17.4 Å². The quantitative estimate of drug-likeness (QED) is 0.580. The molecule has 0 saturated carbocycles. The summed E-state index contributed by atoms with van der Waals surface area (Å²) in [6.45, 7) is 0. The Hall–Kier alpha value is -2.52. The summed E-state index contributed by atoms with van der Waals surface area (Å²) in [5, 5.41) is 11.9. The topological polar surface area (TPSA) is 59.0 Å². The first-order chi connectivity index (χ1) is 13.3. The largest absolute Gasteiger partial charge is 0.410 e. The standard InChI is InChI=1S/C18H14ClF3N4OS/c19-10-3-5-11(6-4-10)23-17(27)13-9-16-24-12(14-2-1-7-28-14)8-15(18(20,21)22)26(16)25-13/h1-7,9,12,15,24H,8H2,(H,23,27)/t12-,15-/m1/s1. The van der Waals surface area contributed by atoms with Crippen LogP contribution in [0.2, 0.25) is 5.02 Å². The third-order valence-electron chi connectivity index (χ3n) is 4.41. The molecular weight excluding hydrogens is 413 g/mol. The molecule has 0 radical (unpaired) electrons. The van der Waals surface area contributed by atoms with Crippen molar-refractivity contribution in [3.8, 4) is 0 Å². The summed E-state index contributed by atoms with van der Waals surface area (Å²) in [5.74, 6) is -0.437. The number of aromatic nitrogens is 2. The van der Waals surface area contributed by atoms with Crippen molar-refractivity contribution in [2.75, 3.05) is 10.6 Å². The minimum atomic E-state index is -4.48. The number of halogens is 4. The van der Waals surface area contributed by atoms with E-state index >= 15 is 0 Å². The predicted octanol–water partition coefficient (Wildman–Crippen LogP) is 5.51. The highest BCUT2D eigenvalue weighted by Gasteiger charge is 2.47. The molecule has 2 aromatic heterocycles. The zero-order chi connectivity index (χ0) is 19.9. The van der Waals surface area contributed by atoms with E-state index in [0.717, 1.165) is 9.56 Å². The summed E-state index contributed by atoms with van der Waals surface area (Å²) in [6, 6.07) is 9.00. The molecular formula is C18H14ClF3N4OS. The predicted molar refractivity (Wildman–Crippen MR) is 102 cm³/mol. The number of nitrogens with zero attached hydrogens (tertiary/aromatic N) is 2. The van der Waals surface area contributed by atoms with E-state index in [2.05, 4.69) is 15.7 Å². The van der Waals surface area contributed by atoms with Crippen LogP contribution in [0, 0.1) is 0 Å². The Morgan fingerprint density at radius 1 is 1.29 bits per heavy atom. The fourth-order valence-corrected chi connectivity index (χ4v) is 4.01. The summed E-state index contributed by atoms with van der Waals surface area (Å²) in [5.41, 5.74) is 0.371. The second-order valence-electron chi connectivity index (χ2n) is 6.33. The molecule has 0 spiro atoms. The maximum atomic E-state index is 13.6. The second kappa shape index (κ2) is 7.14. The Morgan fingerprint density at radius 2 is 2.04 bits per heavy atom. The van der Waals surface area contributed by atoms with Crippen LogP contribution in [0.25, 0.3) is 0 Å². The van der Waals surface area contributed by atoms with E-state index in [-0.39, 0.29) is 17.9 Å². The number of carbonyl (C=O) groups excluding carboxylic acids is 1. The van der Waals surface area contributed by atoms with Gasteiger partial charge < -0.3 is 10.6 Å². The van der Waals surface area contributed by atoms with Crippen molar-refractivity contribution in [2.24, 2.45) is 0 Å². The number of rotatable bonds is 3. The highest BCUT2D eigenvalue weighted by Crippen LogP contribution is 2.44. The van der Waals surface area contributed by atoms with Gasteiger partial charge in [-0.3, -0.25) is 4.79 Å². The van der Waals surface area contributed by atoms with Crippen molar-refractivity contribution in [3.63, 3.8) is 0 Å². The van der Waals surface area contributed by atoms with Gasteiger partial charge >= 0.3 is 6.18 Å². The third kappa shape index (κ3) is 3.72. The molecule has 3 heterocycles. The molecule has 0 aliphatic carbocycles. The lowest BCUT2D eigenvalue weighted by atomic mass is 10.0. The molecule has 1 aromatic carbocycles. The van der Waals surface area contributed by atoms with E-state index in [9.17, 15) is 18.0 Å². The number of alkyl halides is 3.